The molecular weight excluding hydrogens is 346 g/mol. The molecule has 0 unspecified atom stereocenters. The van der Waals surface area contributed by atoms with E-state index in [-0.39, 0.29) is 16.8 Å². The minimum absolute atomic E-state index is 0.0433. The number of benzene rings is 1. The zero-order valence-corrected chi connectivity index (χ0v) is 11.9. The minimum atomic E-state index is -1.11. The van der Waals surface area contributed by atoms with E-state index in [1.807, 2.05) is 4.98 Å². The van der Waals surface area contributed by atoms with Crippen molar-refractivity contribution in [2.45, 2.75) is 0 Å². The lowest BCUT2D eigenvalue weighted by molar-refractivity contribution is 0.0696. The molecule has 0 bridgehead atoms. The van der Waals surface area contributed by atoms with E-state index in [0.29, 0.717) is 4.47 Å². The van der Waals surface area contributed by atoms with Gasteiger partial charge >= 0.3 is 11.7 Å². The molecule has 0 fully saturated rings. The summed E-state index contributed by atoms with van der Waals surface area (Å²) >= 11 is 3.12. The minimum Gasteiger partial charge on any atom is -0.478 e. The molecule has 0 spiro atoms. The molecule has 2 aromatic rings. The van der Waals surface area contributed by atoms with Crippen molar-refractivity contribution in [3.8, 4) is 0 Å². The summed E-state index contributed by atoms with van der Waals surface area (Å²) in [4.78, 5) is 49.2. The molecule has 2 rings (SSSR count). The standard InChI is InChI=1S/C12H8BrN3O5/c13-7-3-5(11(19)20)1-2-8(7)15-9(17)6-4-14-12(21)16-10(6)18/h1-4H,(H,15,17)(H,19,20)(H2,14,16,18,21). The van der Waals surface area contributed by atoms with E-state index in [1.165, 1.54) is 18.2 Å². The van der Waals surface area contributed by atoms with Gasteiger partial charge in [0.2, 0.25) is 0 Å². The van der Waals surface area contributed by atoms with Crippen molar-refractivity contribution >= 4 is 33.5 Å². The highest BCUT2D eigenvalue weighted by Gasteiger charge is 2.13. The van der Waals surface area contributed by atoms with Crippen LogP contribution in [0.15, 0.2) is 38.5 Å². The molecule has 0 atom stereocenters. The highest BCUT2D eigenvalue weighted by atomic mass is 79.9. The summed E-state index contributed by atoms with van der Waals surface area (Å²) in [5.74, 6) is -1.85. The Kier molecular flexibility index (Phi) is 4.03. The van der Waals surface area contributed by atoms with Crippen LogP contribution in [-0.2, 0) is 0 Å². The summed E-state index contributed by atoms with van der Waals surface area (Å²) in [5, 5.41) is 11.3. The van der Waals surface area contributed by atoms with E-state index in [0.717, 1.165) is 6.20 Å². The number of nitrogens with one attached hydrogen (secondary N) is 3. The summed E-state index contributed by atoms with van der Waals surface area (Å²) in [6.45, 7) is 0. The predicted molar refractivity (Wildman–Crippen MR) is 76.7 cm³/mol. The summed E-state index contributed by atoms with van der Waals surface area (Å²) in [5.41, 5.74) is -1.49. The lowest BCUT2D eigenvalue weighted by Gasteiger charge is -2.07. The SMILES string of the molecule is O=C(O)c1ccc(NC(=O)c2c[nH]c(=O)[nH]c2=O)c(Br)c1. The smallest absolute Gasteiger partial charge is 0.335 e. The average molecular weight is 354 g/mol. The first-order valence-electron chi connectivity index (χ1n) is 5.54. The second-order valence-electron chi connectivity index (χ2n) is 3.94. The Labute approximate surface area is 125 Å². The third-order valence-corrected chi connectivity index (χ3v) is 3.18. The fourth-order valence-electron chi connectivity index (χ4n) is 1.52. The van der Waals surface area contributed by atoms with Crippen molar-refractivity contribution in [3.05, 3.63) is 60.8 Å². The van der Waals surface area contributed by atoms with E-state index >= 15 is 0 Å². The molecule has 1 amide bonds. The lowest BCUT2D eigenvalue weighted by atomic mass is 10.2. The summed E-state index contributed by atoms with van der Waals surface area (Å²) in [6, 6.07) is 4.00. The van der Waals surface area contributed by atoms with E-state index < -0.39 is 23.1 Å². The number of H-pyrrole nitrogens is 2. The third-order valence-electron chi connectivity index (χ3n) is 2.53. The number of carboxylic acids is 1. The van der Waals surface area contributed by atoms with E-state index in [4.69, 9.17) is 5.11 Å². The number of carbonyl (C=O) groups is 2. The molecule has 4 N–H and O–H groups in total. The fourth-order valence-corrected chi connectivity index (χ4v) is 2.00. The number of hydrogen-bond acceptors (Lipinski definition) is 4. The van der Waals surface area contributed by atoms with Crippen LogP contribution in [0.4, 0.5) is 5.69 Å². The van der Waals surface area contributed by atoms with Gasteiger partial charge in [0.1, 0.15) is 5.56 Å². The molecule has 1 aromatic carbocycles. The molecule has 1 aromatic heterocycles. The Morgan fingerprint density at radius 1 is 1.24 bits per heavy atom. The number of halogens is 1. The largest absolute Gasteiger partial charge is 0.478 e. The Morgan fingerprint density at radius 2 is 1.95 bits per heavy atom. The molecule has 9 heteroatoms. The van der Waals surface area contributed by atoms with Crippen molar-refractivity contribution in [1.29, 1.82) is 0 Å². The highest BCUT2D eigenvalue weighted by Crippen LogP contribution is 2.24. The lowest BCUT2D eigenvalue weighted by Crippen LogP contribution is -2.29. The summed E-state index contributed by atoms with van der Waals surface area (Å²) in [7, 11) is 0. The number of aromatic amines is 2. The quantitative estimate of drug-likeness (QED) is 0.647. The van der Waals surface area contributed by atoms with Gasteiger partial charge < -0.3 is 15.4 Å². The number of anilines is 1. The van der Waals surface area contributed by atoms with Crippen LogP contribution in [0.1, 0.15) is 20.7 Å². The number of carbonyl (C=O) groups excluding carboxylic acids is 1. The van der Waals surface area contributed by atoms with Crippen molar-refractivity contribution in [2.75, 3.05) is 5.32 Å². The van der Waals surface area contributed by atoms with E-state index in [2.05, 4.69) is 26.2 Å². The number of carboxylic acid groups (broad SMARTS) is 1. The van der Waals surface area contributed by atoms with Gasteiger partial charge in [-0.2, -0.15) is 0 Å². The van der Waals surface area contributed by atoms with Gasteiger partial charge in [0.25, 0.3) is 11.5 Å². The van der Waals surface area contributed by atoms with E-state index in [9.17, 15) is 19.2 Å². The van der Waals surface area contributed by atoms with Crippen LogP contribution < -0.4 is 16.6 Å². The molecule has 0 saturated heterocycles. The van der Waals surface area contributed by atoms with Crippen molar-refractivity contribution in [1.82, 2.24) is 9.97 Å². The van der Waals surface area contributed by atoms with Gasteiger partial charge in [-0.1, -0.05) is 0 Å². The van der Waals surface area contributed by atoms with Crippen LogP contribution in [0.2, 0.25) is 0 Å². The first kappa shape index (κ1) is 14.7. The van der Waals surface area contributed by atoms with Crippen LogP contribution >= 0.6 is 15.9 Å². The first-order chi connectivity index (χ1) is 9.88. The average Bonchev–Trinajstić information content (AvgIpc) is 2.40. The predicted octanol–water partition coefficient (Wildman–Crippen LogP) is 0.776. The number of aromatic nitrogens is 2. The molecule has 8 nitrogen and oxygen atoms in total. The molecule has 0 aliphatic heterocycles. The zero-order chi connectivity index (χ0) is 15.6. The molecule has 108 valence electrons. The maximum atomic E-state index is 11.9. The normalized spacial score (nSPS) is 10.1. The van der Waals surface area contributed by atoms with Crippen LogP contribution in [-0.4, -0.2) is 27.0 Å². The van der Waals surface area contributed by atoms with Crippen LogP contribution in [0.25, 0.3) is 0 Å². The maximum absolute atomic E-state index is 11.9. The maximum Gasteiger partial charge on any atom is 0.335 e. The summed E-state index contributed by atoms with van der Waals surface area (Å²) < 4.78 is 0.344. The van der Waals surface area contributed by atoms with Gasteiger partial charge in [-0.25, -0.2) is 9.59 Å². The van der Waals surface area contributed by atoms with Gasteiger partial charge in [0, 0.05) is 10.7 Å². The van der Waals surface area contributed by atoms with Gasteiger partial charge in [-0.15, -0.1) is 0 Å². The molecule has 21 heavy (non-hydrogen) atoms. The molecule has 0 aliphatic rings. The van der Waals surface area contributed by atoms with Gasteiger partial charge in [-0.05, 0) is 34.1 Å². The Bertz CT molecular complexity index is 839. The monoisotopic (exact) mass is 353 g/mol. The van der Waals surface area contributed by atoms with E-state index in [1.54, 1.807) is 0 Å². The fraction of sp³-hybridized carbons (Fsp3) is 0. The zero-order valence-electron chi connectivity index (χ0n) is 10.3. The number of rotatable bonds is 3. The third kappa shape index (κ3) is 3.26. The topological polar surface area (TPSA) is 132 Å². The summed E-state index contributed by atoms with van der Waals surface area (Å²) in [6.07, 6.45) is 0.996. The Balaban J connectivity index is 2.29. The van der Waals surface area contributed by atoms with Gasteiger partial charge in [0.15, 0.2) is 0 Å². The Morgan fingerprint density at radius 3 is 2.52 bits per heavy atom. The van der Waals surface area contributed by atoms with Gasteiger partial charge in [-0.3, -0.25) is 14.6 Å². The second kappa shape index (κ2) is 5.75. The van der Waals surface area contributed by atoms with Crippen LogP contribution in [0.5, 0.6) is 0 Å². The number of hydrogen-bond donors (Lipinski definition) is 4. The van der Waals surface area contributed by atoms with Crippen molar-refractivity contribution in [2.24, 2.45) is 0 Å². The molecule has 0 radical (unpaired) electrons. The second-order valence-corrected chi connectivity index (χ2v) is 4.79. The molecule has 1 heterocycles. The highest BCUT2D eigenvalue weighted by molar-refractivity contribution is 9.10. The van der Waals surface area contributed by atoms with Crippen molar-refractivity contribution in [3.63, 3.8) is 0 Å². The molecule has 0 aliphatic carbocycles. The number of amides is 1. The Hall–Kier alpha value is -2.68. The first-order valence-corrected chi connectivity index (χ1v) is 6.34. The van der Waals surface area contributed by atoms with Crippen LogP contribution in [0.3, 0.4) is 0 Å². The van der Waals surface area contributed by atoms with Crippen molar-refractivity contribution < 1.29 is 14.7 Å². The molecular formula is C12H8BrN3O5. The molecule has 0 saturated carbocycles. The van der Waals surface area contributed by atoms with Crippen LogP contribution in [0, 0.1) is 0 Å². The number of aromatic carboxylic acids is 1. The van der Waals surface area contributed by atoms with Gasteiger partial charge in [0.05, 0.1) is 11.3 Å².